The van der Waals surface area contributed by atoms with Crippen molar-refractivity contribution in [3.8, 4) is 0 Å². The molecule has 1 rings (SSSR count). The molecule has 1 unspecified atom stereocenters. The summed E-state index contributed by atoms with van der Waals surface area (Å²) in [5.41, 5.74) is 1.24. The van der Waals surface area contributed by atoms with E-state index in [1.807, 2.05) is 12.1 Å². The molecule has 1 aromatic carbocycles. The highest BCUT2D eigenvalue weighted by Gasteiger charge is 2.12. The Morgan fingerprint density at radius 1 is 1.43 bits per heavy atom. The van der Waals surface area contributed by atoms with Gasteiger partial charge in [-0.25, -0.2) is 0 Å². The molecule has 14 heavy (non-hydrogen) atoms. The third kappa shape index (κ3) is 3.87. The van der Waals surface area contributed by atoms with Crippen LogP contribution in [0.4, 0.5) is 0 Å². The molecule has 0 spiro atoms. The number of hydrogen-bond acceptors (Lipinski definition) is 1. The number of halogens is 2. The Morgan fingerprint density at radius 2 is 2.14 bits per heavy atom. The second kappa shape index (κ2) is 6.08. The van der Waals surface area contributed by atoms with Crippen molar-refractivity contribution >= 4 is 38.5 Å². The standard InChI is InChI=1S/C11H14BrIO/c1-8(2)14-11(7-13)9-4-3-5-10(12)6-9/h3-6,8,11H,7H2,1-2H3. The van der Waals surface area contributed by atoms with Crippen LogP contribution < -0.4 is 0 Å². The number of hydrogen-bond donors (Lipinski definition) is 0. The summed E-state index contributed by atoms with van der Waals surface area (Å²) in [7, 11) is 0. The Kier molecular flexibility index (Phi) is 5.41. The smallest absolute Gasteiger partial charge is 0.0918 e. The number of ether oxygens (including phenoxy) is 1. The first-order valence-corrected chi connectivity index (χ1v) is 6.92. The van der Waals surface area contributed by atoms with Crippen molar-refractivity contribution in [1.29, 1.82) is 0 Å². The molecule has 1 atom stereocenters. The van der Waals surface area contributed by atoms with Crippen molar-refractivity contribution in [3.05, 3.63) is 34.3 Å². The van der Waals surface area contributed by atoms with E-state index in [1.54, 1.807) is 0 Å². The van der Waals surface area contributed by atoms with Crippen LogP contribution in [0.25, 0.3) is 0 Å². The lowest BCUT2D eigenvalue weighted by Crippen LogP contribution is -2.11. The van der Waals surface area contributed by atoms with Crippen LogP contribution in [0.5, 0.6) is 0 Å². The molecule has 0 aromatic heterocycles. The molecule has 0 saturated carbocycles. The van der Waals surface area contributed by atoms with E-state index >= 15 is 0 Å². The predicted octanol–water partition coefficient (Wildman–Crippen LogP) is 4.35. The van der Waals surface area contributed by atoms with Gasteiger partial charge in [0, 0.05) is 8.90 Å². The maximum absolute atomic E-state index is 5.81. The number of alkyl halides is 1. The molecule has 0 radical (unpaired) electrons. The molecule has 78 valence electrons. The van der Waals surface area contributed by atoms with Crippen LogP contribution in [0.1, 0.15) is 25.5 Å². The van der Waals surface area contributed by atoms with E-state index in [1.165, 1.54) is 5.56 Å². The first-order valence-electron chi connectivity index (χ1n) is 4.60. The second-order valence-corrected chi connectivity index (χ2v) is 5.18. The van der Waals surface area contributed by atoms with E-state index in [-0.39, 0.29) is 12.2 Å². The van der Waals surface area contributed by atoms with Crippen LogP contribution in [-0.2, 0) is 4.74 Å². The molecule has 0 saturated heterocycles. The van der Waals surface area contributed by atoms with Crippen LogP contribution in [0, 0.1) is 0 Å². The fraction of sp³-hybridized carbons (Fsp3) is 0.455. The van der Waals surface area contributed by atoms with Crippen molar-refractivity contribution in [2.45, 2.75) is 26.1 Å². The van der Waals surface area contributed by atoms with E-state index in [9.17, 15) is 0 Å². The summed E-state index contributed by atoms with van der Waals surface area (Å²) in [5, 5.41) is 0. The Hall–Kier alpha value is 0.390. The van der Waals surface area contributed by atoms with E-state index in [4.69, 9.17) is 4.74 Å². The van der Waals surface area contributed by atoms with E-state index in [2.05, 4.69) is 64.5 Å². The predicted molar refractivity (Wildman–Crippen MR) is 72.0 cm³/mol. The van der Waals surface area contributed by atoms with Crippen molar-refractivity contribution in [3.63, 3.8) is 0 Å². The summed E-state index contributed by atoms with van der Waals surface area (Å²) in [6.07, 6.45) is 0.474. The molecular formula is C11H14BrIO. The molecule has 0 aliphatic carbocycles. The second-order valence-electron chi connectivity index (χ2n) is 3.38. The average molecular weight is 369 g/mol. The Morgan fingerprint density at radius 3 is 2.64 bits per heavy atom. The van der Waals surface area contributed by atoms with Crippen LogP contribution in [0.2, 0.25) is 0 Å². The summed E-state index contributed by atoms with van der Waals surface area (Å²) in [5.74, 6) is 0. The average Bonchev–Trinajstić information content (AvgIpc) is 2.14. The molecule has 0 amide bonds. The van der Waals surface area contributed by atoms with Crippen molar-refractivity contribution in [2.24, 2.45) is 0 Å². The van der Waals surface area contributed by atoms with Gasteiger partial charge in [-0.2, -0.15) is 0 Å². The Bertz CT molecular complexity index is 288. The molecule has 3 heteroatoms. The van der Waals surface area contributed by atoms with Crippen molar-refractivity contribution < 1.29 is 4.74 Å². The highest BCUT2D eigenvalue weighted by atomic mass is 127. The normalized spacial score (nSPS) is 13.2. The van der Waals surface area contributed by atoms with Crippen molar-refractivity contribution in [2.75, 3.05) is 4.43 Å². The fourth-order valence-corrected chi connectivity index (χ4v) is 2.37. The Labute approximate surface area is 107 Å². The quantitative estimate of drug-likeness (QED) is 0.567. The van der Waals surface area contributed by atoms with Gasteiger partial charge in [-0.15, -0.1) is 0 Å². The fourth-order valence-electron chi connectivity index (χ4n) is 1.24. The van der Waals surface area contributed by atoms with Crippen LogP contribution in [-0.4, -0.2) is 10.5 Å². The highest BCUT2D eigenvalue weighted by molar-refractivity contribution is 14.1. The van der Waals surface area contributed by atoms with Gasteiger partial charge in [0.25, 0.3) is 0 Å². The summed E-state index contributed by atoms with van der Waals surface area (Å²) >= 11 is 5.83. The van der Waals surface area contributed by atoms with Gasteiger partial charge in [0.1, 0.15) is 0 Å². The number of rotatable bonds is 4. The first kappa shape index (κ1) is 12.5. The summed E-state index contributed by atoms with van der Waals surface area (Å²) in [4.78, 5) is 0. The van der Waals surface area contributed by atoms with Gasteiger partial charge in [-0.1, -0.05) is 50.7 Å². The largest absolute Gasteiger partial charge is 0.370 e. The van der Waals surface area contributed by atoms with E-state index in [0.717, 1.165) is 8.90 Å². The minimum atomic E-state index is 0.202. The third-order valence-electron chi connectivity index (χ3n) is 1.80. The monoisotopic (exact) mass is 368 g/mol. The van der Waals surface area contributed by atoms with Gasteiger partial charge in [0.05, 0.1) is 12.2 Å². The SMILES string of the molecule is CC(C)OC(CI)c1cccc(Br)c1. The molecule has 0 heterocycles. The summed E-state index contributed by atoms with van der Waals surface area (Å²) in [6, 6.07) is 8.30. The van der Waals surface area contributed by atoms with Crippen LogP contribution in [0.3, 0.4) is 0 Å². The zero-order chi connectivity index (χ0) is 10.6. The molecule has 1 aromatic rings. The number of benzene rings is 1. The van der Waals surface area contributed by atoms with Gasteiger partial charge in [-0.05, 0) is 31.5 Å². The lowest BCUT2D eigenvalue weighted by molar-refractivity contribution is 0.0223. The summed E-state index contributed by atoms with van der Waals surface area (Å²) in [6.45, 7) is 4.13. The third-order valence-corrected chi connectivity index (χ3v) is 3.09. The lowest BCUT2D eigenvalue weighted by Gasteiger charge is -2.18. The topological polar surface area (TPSA) is 9.23 Å². The maximum Gasteiger partial charge on any atom is 0.0918 e. The molecular weight excluding hydrogens is 355 g/mol. The summed E-state index contributed by atoms with van der Waals surface area (Å²) < 4.78 is 7.90. The molecule has 0 bridgehead atoms. The van der Waals surface area contributed by atoms with Gasteiger partial charge in [0.15, 0.2) is 0 Å². The lowest BCUT2D eigenvalue weighted by atomic mass is 10.1. The van der Waals surface area contributed by atoms with Crippen LogP contribution >= 0.6 is 38.5 Å². The zero-order valence-electron chi connectivity index (χ0n) is 8.34. The minimum absolute atomic E-state index is 0.202. The van der Waals surface area contributed by atoms with Gasteiger partial charge < -0.3 is 4.74 Å². The van der Waals surface area contributed by atoms with Gasteiger partial charge in [-0.3, -0.25) is 0 Å². The van der Waals surface area contributed by atoms with Crippen molar-refractivity contribution in [1.82, 2.24) is 0 Å². The van der Waals surface area contributed by atoms with E-state index in [0.29, 0.717) is 0 Å². The molecule has 0 aliphatic heterocycles. The van der Waals surface area contributed by atoms with E-state index < -0.39 is 0 Å². The zero-order valence-corrected chi connectivity index (χ0v) is 12.1. The molecule has 1 nitrogen and oxygen atoms in total. The van der Waals surface area contributed by atoms with Crippen LogP contribution in [0.15, 0.2) is 28.7 Å². The Balaban J connectivity index is 2.78. The molecule has 0 aliphatic rings. The first-order chi connectivity index (χ1) is 6.63. The molecule has 0 N–H and O–H groups in total. The van der Waals surface area contributed by atoms with Gasteiger partial charge >= 0.3 is 0 Å². The highest BCUT2D eigenvalue weighted by Crippen LogP contribution is 2.24. The maximum atomic E-state index is 5.81. The van der Waals surface area contributed by atoms with Gasteiger partial charge in [0.2, 0.25) is 0 Å². The minimum Gasteiger partial charge on any atom is -0.370 e. The molecule has 0 fully saturated rings.